The van der Waals surface area contributed by atoms with Crippen LogP contribution in [0.25, 0.3) is 0 Å². The van der Waals surface area contributed by atoms with Gasteiger partial charge in [0.15, 0.2) is 0 Å². The Bertz CT molecular complexity index is 383. The van der Waals surface area contributed by atoms with Gasteiger partial charge < -0.3 is 15.2 Å². The molecule has 0 saturated heterocycles. The van der Waals surface area contributed by atoms with Gasteiger partial charge in [-0.25, -0.2) is 0 Å². The summed E-state index contributed by atoms with van der Waals surface area (Å²) < 4.78 is 10.5. The highest BCUT2D eigenvalue weighted by atomic mass is 32.2. The van der Waals surface area contributed by atoms with E-state index in [9.17, 15) is 0 Å². The van der Waals surface area contributed by atoms with Crippen molar-refractivity contribution in [2.24, 2.45) is 5.73 Å². The first-order valence-corrected chi connectivity index (χ1v) is 6.41. The number of nitrogens with two attached hydrogens (primary N) is 1. The smallest absolute Gasteiger partial charge is 0.131 e. The van der Waals surface area contributed by atoms with E-state index in [2.05, 4.69) is 6.92 Å². The molecule has 0 saturated carbocycles. The Hall–Kier alpha value is -1.20. The Morgan fingerprint density at radius 2 is 2.18 bits per heavy atom. The van der Waals surface area contributed by atoms with E-state index in [1.165, 1.54) is 0 Å². The van der Waals surface area contributed by atoms with Gasteiger partial charge in [0, 0.05) is 12.0 Å². The number of nitrogens with one attached hydrogen (secondary N) is 1. The van der Waals surface area contributed by atoms with E-state index in [0.29, 0.717) is 24.5 Å². The Morgan fingerprint density at radius 1 is 1.41 bits per heavy atom. The summed E-state index contributed by atoms with van der Waals surface area (Å²) in [6, 6.07) is 5.69. The van der Waals surface area contributed by atoms with Gasteiger partial charge in [-0.05, 0) is 17.9 Å². The van der Waals surface area contributed by atoms with Crippen molar-refractivity contribution in [3.8, 4) is 5.75 Å². The molecule has 1 aromatic rings. The van der Waals surface area contributed by atoms with Crippen molar-refractivity contribution in [3.63, 3.8) is 0 Å². The van der Waals surface area contributed by atoms with Gasteiger partial charge in [0.2, 0.25) is 0 Å². The molecule has 0 aliphatic carbocycles. The van der Waals surface area contributed by atoms with Gasteiger partial charge in [-0.1, -0.05) is 13.0 Å². The lowest BCUT2D eigenvalue weighted by atomic mass is 10.2. The molecule has 0 aliphatic heterocycles. The largest absolute Gasteiger partial charge is 0.490 e. The maximum atomic E-state index is 7.63. The van der Waals surface area contributed by atoms with Crippen LogP contribution in [0.1, 0.15) is 12.5 Å². The summed E-state index contributed by atoms with van der Waals surface area (Å²) in [5.41, 5.74) is 6.28. The van der Waals surface area contributed by atoms with Gasteiger partial charge >= 0.3 is 0 Å². The molecule has 0 bridgehead atoms. The highest BCUT2D eigenvalue weighted by Crippen LogP contribution is 2.29. The van der Waals surface area contributed by atoms with E-state index in [1.54, 1.807) is 18.9 Å². The van der Waals surface area contributed by atoms with Crippen LogP contribution in [0.2, 0.25) is 0 Å². The first-order valence-electron chi connectivity index (χ1n) is 5.42. The molecule has 0 heterocycles. The van der Waals surface area contributed by atoms with Crippen LogP contribution in [0, 0.1) is 5.41 Å². The minimum absolute atomic E-state index is 0.0361. The second-order valence-corrected chi connectivity index (χ2v) is 4.62. The molecule has 3 N–H and O–H groups in total. The number of amidine groups is 1. The molecule has 1 aromatic carbocycles. The maximum Gasteiger partial charge on any atom is 0.131 e. The molecular formula is C12H18N2O2S. The molecule has 17 heavy (non-hydrogen) atoms. The highest BCUT2D eigenvalue weighted by Gasteiger charge is 2.12. The monoisotopic (exact) mass is 254 g/mol. The summed E-state index contributed by atoms with van der Waals surface area (Å²) in [6.07, 6.45) is 0. The van der Waals surface area contributed by atoms with E-state index < -0.39 is 0 Å². The quantitative estimate of drug-likeness (QED) is 0.338. The summed E-state index contributed by atoms with van der Waals surface area (Å²) >= 11 is 1.65. The topological polar surface area (TPSA) is 68.3 Å². The Kier molecular flexibility index (Phi) is 5.86. The molecule has 0 aromatic heterocycles. The minimum atomic E-state index is 0.0361. The Labute approximate surface area is 106 Å². The predicted molar refractivity (Wildman–Crippen MR) is 71.2 cm³/mol. The van der Waals surface area contributed by atoms with Crippen molar-refractivity contribution in [2.75, 3.05) is 26.1 Å². The molecule has 0 aliphatic rings. The summed E-state index contributed by atoms with van der Waals surface area (Å²) in [5.74, 6) is 1.61. The summed E-state index contributed by atoms with van der Waals surface area (Å²) in [5, 5.41) is 7.63. The minimum Gasteiger partial charge on any atom is -0.490 e. The third kappa shape index (κ3) is 3.94. The van der Waals surface area contributed by atoms with Crippen molar-refractivity contribution in [3.05, 3.63) is 23.8 Å². The van der Waals surface area contributed by atoms with Gasteiger partial charge in [0.25, 0.3) is 0 Å². The van der Waals surface area contributed by atoms with Crippen LogP contribution in [0.5, 0.6) is 5.75 Å². The lowest BCUT2D eigenvalue weighted by Gasteiger charge is -2.13. The molecule has 4 nitrogen and oxygen atoms in total. The number of methoxy groups -OCH3 is 1. The summed E-state index contributed by atoms with van der Waals surface area (Å²) in [4.78, 5) is 0.981. The normalized spacial score (nSPS) is 10.2. The SMILES string of the molecule is CCSc1cccc(OCCOC)c1C(=N)N. The highest BCUT2D eigenvalue weighted by molar-refractivity contribution is 7.99. The van der Waals surface area contributed by atoms with Crippen LogP contribution >= 0.6 is 11.8 Å². The number of thioether (sulfide) groups is 1. The molecule has 94 valence electrons. The molecular weight excluding hydrogens is 236 g/mol. The second kappa shape index (κ2) is 7.19. The molecule has 0 unspecified atom stereocenters. The average Bonchev–Trinajstić information content (AvgIpc) is 2.29. The number of hydrogen-bond acceptors (Lipinski definition) is 4. The van der Waals surface area contributed by atoms with Crippen LogP contribution in [0.3, 0.4) is 0 Å². The first kappa shape index (κ1) is 13.9. The lowest BCUT2D eigenvalue weighted by Crippen LogP contribution is -2.15. The van der Waals surface area contributed by atoms with E-state index in [-0.39, 0.29) is 5.84 Å². The second-order valence-electron chi connectivity index (χ2n) is 3.32. The Morgan fingerprint density at radius 3 is 2.76 bits per heavy atom. The molecule has 1 rings (SSSR count). The van der Waals surface area contributed by atoms with Crippen LogP contribution in [-0.4, -0.2) is 31.9 Å². The van der Waals surface area contributed by atoms with E-state index in [4.69, 9.17) is 20.6 Å². The van der Waals surface area contributed by atoms with Crippen LogP contribution < -0.4 is 10.5 Å². The van der Waals surface area contributed by atoms with Gasteiger partial charge in [-0.15, -0.1) is 11.8 Å². The van der Waals surface area contributed by atoms with Crippen molar-refractivity contribution < 1.29 is 9.47 Å². The van der Waals surface area contributed by atoms with Gasteiger partial charge in [-0.3, -0.25) is 5.41 Å². The number of benzene rings is 1. The molecule has 0 amide bonds. The third-order valence-electron chi connectivity index (χ3n) is 2.10. The number of nitrogen functional groups attached to an aromatic ring is 1. The average molecular weight is 254 g/mol. The van der Waals surface area contributed by atoms with Crippen LogP contribution in [0.4, 0.5) is 0 Å². The molecule has 0 radical (unpaired) electrons. The van der Waals surface area contributed by atoms with Gasteiger partial charge in [-0.2, -0.15) is 0 Å². The molecule has 0 fully saturated rings. The maximum absolute atomic E-state index is 7.63. The number of ether oxygens (including phenoxy) is 2. The molecule has 0 spiro atoms. The van der Waals surface area contributed by atoms with Crippen molar-refractivity contribution >= 4 is 17.6 Å². The van der Waals surface area contributed by atoms with Crippen molar-refractivity contribution in [2.45, 2.75) is 11.8 Å². The fourth-order valence-electron chi connectivity index (χ4n) is 1.41. The zero-order chi connectivity index (χ0) is 12.7. The van der Waals surface area contributed by atoms with Crippen LogP contribution in [0.15, 0.2) is 23.1 Å². The third-order valence-corrected chi connectivity index (χ3v) is 3.04. The van der Waals surface area contributed by atoms with E-state index in [1.807, 2.05) is 18.2 Å². The van der Waals surface area contributed by atoms with Crippen LogP contribution in [-0.2, 0) is 4.74 Å². The summed E-state index contributed by atoms with van der Waals surface area (Å²) in [7, 11) is 1.62. The number of hydrogen-bond donors (Lipinski definition) is 2. The fraction of sp³-hybridized carbons (Fsp3) is 0.417. The predicted octanol–water partition coefficient (Wildman–Crippen LogP) is 2.11. The van der Waals surface area contributed by atoms with Crippen molar-refractivity contribution in [1.82, 2.24) is 0 Å². The lowest BCUT2D eigenvalue weighted by molar-refractivity contribution is 0.146. The van der Waals surface area contributed by atoms with E-state index >= 15 is 0 Å². The fourth-order valence-corrected chi connectivity index (χ4v) is 2.25. The van der Waals surface area contributed by atoms with Gasteiger partial charge in [0.05, 0.1) is 12.2 Å². The zero-order valence-corrected chi connectivity index (χ0v) is 11.0. The standard InChI is InChI=1S/C12H18N2O2S/c1-3-17-10-6-4-5-9(11(10)12(13)14)16-8-7-15-2/h4-6H,3,7-8H2,1-2H3,(H3,13,14). The van der Waals surface area contributed by atoms with E-state index in [0.717, 1.165) is 10.6 Å². The molecule has 0 atom stereocenters. The van der Waals surface area contributed by atoms with Gasteiger partial charge in [0.1, 0.15) is 18.2 Å². The first-order chi connectivity index (χ1) is 8.20. The summed E-state index contributed by atoms with van der Waals surface area (Å²) in [6.45, 7) is 3.03. The van der Waals surface area contributed by atoms with Crippen molar-refractivity contribution in [1.29, 1.82) is 5.41 Å². The Balaban J connectivity index is 2.94. The molecule has 5 heteroatoms. The zero-order valence-electron chi connectivity index (χ0n) is 10.2. The number of rotatable bonds is 7.